The smallest absolute Gasteiger partial charge is 0.305 e. The molecule has 1 atom stereocenters. The van der Waals surface area contributed by atoms with Crippen molar-refractivity contribution in [3.05, 3.63) is 58.8 Å². The molecule has 0 aliphatic carbocycles. The van der Waals surface area contributed by atoms with Crippen molar-refractivity contribution in [2.75, 3.05) is 0 Å². The second-order valence-corrected chi connectivity index (χ2v) is 4.71. The SMILES string of the molecule is O=C(O)CC(c1cccc(Br)c1)n1cccc1. The Balaban J connectivity index is 2.36. The van der Waals surface area contributed by atoms with Gasteiger partial charge in [0.1, 0.15) is 0 Å². The molecule has 0 fully saturated rings. The monoisotopic (exact) mass is 293 g/mol. The summed E-state index contributed by atoms with van der Waals surface area (Å²) in [5.41, 5.74) is 0.984. The highest BCUT2D eigenvalue weighted by molar-refractivity contribution is 9.10. The van der Waals surface area contributed by atoms with E-state index in [0.717, 1.165) is 10.0 Å². The number of hydrogen-bond donors (Lipinski definition) is 1. The Kier molecular flexibility index (Phi) is 3.64. The van der Waals surface area contributed by atoms with E-state index >= 15 is 0 Å². The van der Waals surface area contributed by atoms with Crippen molar-refractivity contribution in [3.8, 4) is 0 Å². The lowest BCUT2D eigenvalue weighted by Gasteiger charge is -2.17. The third kappa shape index (κ3) is 2.97. The van der Waals surface area contributed by atoms with Gasteiger partial charge in [0.25, 0.3) is 0 Å². The topological polar surface area (TPSA) is 42.2 Å². The highest BCUT2D eigenvalue weighted by Crippen LogP contribution is 2.24. The van der Waals surface area contributed by atoms with Crippen molar-refractivity contribution in [2.45, 2.75) is 12.5 Å². The molecule has 1 aromatic carbocycles. The number of rotatable bonds is 4. The van der Waals surface area contributed by atoms with Gasteiger partial charge >= 0.3 is 5.97 Å². The molecule has 1 unspecified atom stereocenters. The van der Waals surface area contributed by atoms with E-state index in [0.29, 0.717) is 0 Å². The summed E-state index contributed by atoms with van der Waals surface area (Å²) < 4.78 is 2.87. The summed E-state index contributed by atoms with van der Waals surface area (Å²) in [4.78, 5) is 10.9. The molecule has 1 N–H and O–H groups in total. The number of carboxylic acids is 1. The average Bonchev–Trinajstić information content (AvgIpc) is 2.79. The Morgan fingerprint density at radius 2 is 2.00 bits per heavy atom. The zero-order valence-corrected chi connectivity index (χ0v) is 10.7. The minimum absolute atomic E-state index is 0.0745. The molecular formula is C13H12BrNO2. The molecule has 2 rings (SSSR count). The molecular weight excluding hydrogens is 282 g/mol. The number of aromatic nitrogens is 1. The summed E-state index contributed by atoms with van der Waals surface area (Å²) in [5.74, 6) is -0.802. The van der Waals surface area contributed by atoms with Gasteiger partial charge < -0.3 is 9.67 Å². The molecule has 0 amide bonds. The van der Waals surface area contributed by atoms with E-state index < -0.39 is 5.97 Å². The third-order valence-corrected chi connectivity index (χ3v) is 3.08. The third-order valence-electron chi connectivity index (χ3n) is 2.59. The van der Waals surface area contributed by atoms with Crippen LogP contribution in [0.2, 0.25) is 0 Å². The summed E-state index contributed by atoms with van der Waals surface area (Å²) in [6.07, 6.45) is 3.84. The molecule has 0 aliphatic heterocycles. The van der Waals surface area contributed by atoms with E-state index in [4.69, 9.17) is 5.11 Å². The Hall–Kier alpha value is -1.55. The molecule has 0 saturated heterocycles. The molecule has 0 spiro atoms. The normalized spacial score (nSPS) is 12.3. The summed E-state index contributed by atoms with van der Waals surface area (Å²) in [7, 11) is 0. The number of carbonyl (C=O) groups is 1. The largest absolute Gasteiger partial charge is 0.481 e. The highest BCUT2D eigenvalue weighted by atomic mass is 79.9. The summed E-state index contributed by atoms with van der Waals surface area (Å²) >= 11 is 3.40. The quantitative estimate of drug-likeness (QED) is 0.940. The minimum atomic E-state index is -0.802. The van der Waals surface area contributed by atoms with Crippen LogP contribution in [0.4, 0.5) is 0 Å². The predicted octanol–water partition coefficient (Wildman–Crippen LogP) is 3.31. The summed E-state index contributed by atoms with van der Waals surface area (Å²) in [5, 5.41) is 8.99. The van der Waals surface area contributed by atoms with Crippen LogP contribution in [0.5, 0.6) is 0 Å². The van der Waals surface area contributed by atoms with Gasteiger partial charge in [0, 0.05) is 16.9 Å². The van der Waals surface area contributed by atoms with Gasteiger partial charge in [0.15, 0.2) is 0 Å². The first kappa shape index (κ1) is 11.9. The number of carboxylic acid groups (broad SMARTS) is 1. The second-order valence-electron chi connectivity index (χ2n) is 3.80. The summed E-state index contributed by atoms with van der Waals surface area (Å²) in [6.45, 7) is 0. The van der Waals surface area contributed by atoms with Crippen LogP contribution in [0.25, 0.3) is 0 Å². The van der Waals surface area contributed by atoms with Crippen molar-refractivity contribution >= 4 is 21.9 Å². The first-order valence-electron chi connectivity index (χ1n) is 5.26. The highest BCUT2D eigenvalue weighted by Gasteiger charge is 2.16. The fourth-order valence-electron chi connectivity index (χ4n) is 1.83. The van der Waals surface area contributed by atoms with Gasteiger partial charge in [-0.25, -0.2) is 0 Å². The number of hydrogen-bond acceptors (Lipinski definition) is 1. The van der Waals surface area contributed by atoms with Gasteiger partial charge in [-0.3, -0.25) is 4.79 Å². The first-order valence-corrected chi connectivity index (χ1v) is 6.06. The van der Waals surface area contributed by atoms with Crippen molar-refractivity contribution < 1.29 is 9.90 Å². The van der Waals surface area contributed by atoms with Crippen LogP contribution >= 0.6 is 15.9 Å². The zero-order valence-electron chi connectivity index (χ0n) is 9.08. The van der Waals surface area contributed by atoms with Gasteiger partial charge in [-0.2, -0.15) is 0 Å². The molecule has 2 aromatic rings. The van der Waals surface area contributed by atoms with E-state index in [-0.39, 0.29) is 12.5 Å². The van der Waals surface area contributed by atoms with E-state index in [1.54, 1.807) is 0 Å². The van der Waals surface area contributed by atoms with E-state index in [1.165, 1.54) is 0 Å². The maximum Gasteiger partial charge on any atom is 0.305 e. The standard InChI is InChI=1S/C13H12BrNO2/c14-11-5-3-4-10(8-11)12(9-13(16)17)15-6-1-2-7-15/h1-8,12H,9H2,(H,16,17). The molecule has 0 saturated carbocycles. The zero-order chi connectivity index (χ0) is 12.3. The number of halogens is 1. The van der Waals surface area contributed by atoms with Gasteiger partial charge in [-0.05, 0) is 29.8 Å². The van der Waals surface area contributed by atoms with E-state index in [2.05, 4.69) is 15.9 Å². The molecule has 0 radical (unpaired) electrons. The van der Waals surface area contributed by atoms with Crippen molar-refractivity contribution in [2.24, 2.45) is 0 Å². The van der Waals surface area contributed by atoms with Crippen LogP contribution in [0, 0.1) is 0 Å². The number of aliphatic carboxylic acids is 1. The van der Waals surface area contributed by atoms with Crippen molar-refractivity contribution in [1.82, 2.24) is 4.57 Å². The Labute approximate surface area is 108 Å². The molecule has 1 aromatic heterocycles. The van der Waals surface area contributed by atoms with Gasteiger partial charge in [0.2, 0.25) is 0 Å². The Morgan fingerprint density at radius 3 is 2.59 bits per heavy atom. The lowest BCUT2D eigenvalue weighted by molar-refractivity contribution is -0.137. The van der Waals surface area contributed by atoms with Crippen LogP contribution in [0.15, 0.2) is 53.3 Å². The van der Waals surface area contributed by atoms with E-state index in [1.807, 2.05) is 53.4 Å². The van der Waals surface area contributed by atoms with Crippen LogP contribution in [-0.4, -0.2) is 15.6 Å². The molecule has 0 aliphatic rings. The first-order chi connectivity index (χ1) is 8.16. The fourth-order valence-corrected chi connectivity index (χ4v) is 2.25. The second kappa shape index (κ2) is 5.19. The number of benzene rings is 1. The average molecular weight is 294 g/mol. The van der Waals surface area contributed by atoms with Crippen LogP contribution in [-0.2, 0) is 4.79 Å². The van der Waals surface area contributed by atoms with Crippen molar-refractivity contribution in [1.29, 1.82) is 0 Å². The predicted molar refractivity (Wildman–Crippen MR) is 69.0 cm³/mol. The van der Waals surface area contributed by atoms with Crippen LogP contribution < -0.4 is 0 Å². The van der Waals surface area contributed by atoms with Gasteiger partial charge in [0.05, 0.1) is 12.5 Å². The lowest BCUT2D eigenvalue weighted by atomic mass is 10.0. The molecule has 3 nitrogen and oxygen atoms in total. The van der Waals surface area contributed by atoms with Crippen molar-refractivity contribution in [3.63, 3.8) is 0 Å². The minimum Gasteiger partial charge on any atom is -0.481 e. The van der Waals surface area contributed by atoms with Gasteiger partial charge in [-0.1, -0.05) is 28.1 Å². The Morgan fingerprint density at radius 1 is 1.29 bits per heavy atom. The maximum atomic E-state index is 10.9. The Bertz CT molecular complexity index is 508. The molecule has 4 heteroatoms. The number of nitrogens with zero attached hydrogens (tertiary/aromatic N) is 1. The molecule has 0 bridgehead atoms. The molecule has 17 heavy (non-hydrogen) atoms. The molecule has 1 heterocycles. The van der Waals surface area contributed by atoms with E-state index in [9.17, 15) is 4.79 Å². The fraction of sp³-hybridized carbons (Fsp3) is 0.154. The lowest BCUT2D eigenvalue weighted by Crippen LogP contribution is -2.13. The summed E-state index contributed by atoms with van der Waals surface area (Å²) in [6, 6.07) is 11.4. The van der Waals surface area contributed by atoms with Gasteiger partial charge in [-0.15, -0.1) is 0 Å². The van der Waals surface area contributed by atoms with Crippen LogP contribution in [0.1, 0.15) is 18.0 Å². The maximum absolute atomic E-state index is 10.9. The molecule has 88 valence electrons. The van der Waals surface area contributed by atoms with Crippen LogP contribution in [0.3, 0.4) is 0 Å².